The van der Waals surface area contributed by atoms with Crippen molar-refractivity contribution in [1.82, 2.24) is 5.43 Å². The van der Waals surface area contributed by atoms with E-state index >= 15 is 0 Å². The van der Waals surface area contributed by atoms with Crippen LogP contribution in [0, 0.1) is 5.41 Å². The van der Waals surface area contributed by atoms with Crippen LogP contribution >= 0.6 is 0 Å². The summed E-state index contributed by atoms with van der Waals surface area (Å²) in [6.45, 7) is 11.3. The molecule has 0 radical (unpaired) electrons. The monoisotopic (exact) mass is 240 g/mol. The zero-order valence-corrected chi connectivity index (χ0v) is 11.6. The molecule has 0 amide bonds. The van der Waals surface area contributed by atoms with Crippen molar-refractivity contribution in [1.29, 1.82) is 0 Å². The van der Waals surface area contributed by atoms with Crippen molar-refractivity contribution >= 4 is 0 Å². The van der Waals surface area contributed by atoms with E-state index in [1.807, 2.05) is 6.08 Å². The highest BCUT2D eigenvalue weighted by molar-refractivity contribution is 5.00. The molecule has 1 fully saturated rings. The third-order valence-electron chi connectivity index (χ3n) is 4.12. The van der Waals surface area contributed by atoms with Crippen LogP contribution in [0.2, 0.25) is 0 Å². The van der Waals surface area contributed by atoms with Gasteiger partial charge in [-0.25, -0.2) is 0 Å². The van der Waals surface area contributed by atoms with Gasteiger partial charge >= 0.3 is 0 Å². The molecule has 0 aromatic rings. The second kappa shape index (κ2) is 5.98. The van der Waals surface area contributed by atoms with Crippen LogP contribution < -0.4 is 11.3 Å². The normalized spacial score (nSPS) is 24.2. The summed E-state index contributed by atoms with van der Waals surface area (Å²) in [7, 11) is 0. The van der Waals surface area contributed by atoms with Crippen molar-refractivity contribution in [3.8, 4) is 0 Å². The van der Waals surface area contributed by atoms with Gasteiger partial charge in [-0.1, -0.05) is 19.9 Å². The minimum Gasteiger partial charge on any atom is -0.374 e. The van der Waals surface area contributed by atoms with Gasteiger partial charge < -0.3 is 4.74 Å². The van der Waals surface area contributed by atoms with Gasteiger partial charge in [0.2, 0.25) is 0 Å². The summed E-state index contributed by atoms with van der Waals surface area (Å²) in [4.78, 5) is 0. The van der Waals surface area contributed by atoms with Gasteiger partial charge in [-0.2, -0.15) is 0 Å². The first-order chi connectivity index (χ1) is 7.99. The maximum Gasteiger partial charge on any atom is 0.0851 e. The fraction of sp³-hybridized carbons (Fsp3) is 0.857. The van der Waals surface area contributed by atoms with Crippen LogP contribution in [0.25, 0.3) is 0 Å². The average Bonchev–Trinajstić information content (AvgIpc) is 2.30. The minimum atomic E-state index is -0.104. The molecule has 1 aliphatic carbocycles. The molecule has 0 spiro atoms. The number of hydrogen-bond acceptors (Lipinski definition) is 3. The molecule has 100 valence electrons. The van der Waals surface area contributed by atoms with E-state index in [0.29, 0.717) is 5.41 Å². The summed E-state index contributed by atoms with van der Waals surface area (Å²) in [6, 6.07) is 0.177. The van der Waals surface area contributed by atoms with Gasteiger partial charge in [0, 0.05) is 6.61 Å². The highest BCUT2D eigenvalue weighted by Crippen LogP contribution is 2.44. The molecule has 1 unspecified atom stereocenters. The standard InChI is InChI=1S/C14H28N2O/c1-5-7-12(16-15)14(17-6-2)10-8-13(3,4)9-11-14/h5,12,16H,1,6-11,15H2,2-4H3. The molecule has 17 heavy (non-hydrogen) atoms. The lowest BCUT2D eigenvalue weighted by molar-refractivity contribution is -0.106. The molecule has 0 saturated heterocycles. The number of nitrogens with one attached hydrogen (secondary N) is 1. The number of hydrazine groups is 1. The summed E-state index contributed by atoms with van der Waals surface area (Å²) in [6.07, 6.45) is 7.33. The number of nitrogens with two attached hydrogens (primary N) is 1. The molecule has 0 aromatic heterocycles. The Morgan fingerprint density at radius 1 is 1.35 bits per heavy atom. The lowest BCUT2D eigenvalue weighted by Crippen LogP contribution is -2.57. The van der Waals surface area contributed by atoms with Crippen molar-refractivity contribution in [3.05, 3.63) is 12.7 Å². The Hall–Kier alpha value is -0.380. The molecule has 3 heteroatoms. The van der Waals surface area contributed by atoms with Crippen molar-refractivity contribution in [2.75, 3.05) is 6.61 Å². The van der Waals surface area contributed by atoms with Gasteiger partial charge in [-0.3, -0.25) is 11.3 Å². The maximum atomic E-state index is 6.08. The van der Waals surface area contributed by atoms with E-state index in [9.17, 15) is 0 Å². The smallest absolute Gasteiger partial charge is 0.0851 e. The second-order valence-electron chi connectivity index (χ2n) is 5.91. The SMILES string of the molecule is C=CCC(NN)C1(OCC)CCC(C)(C)CC1. The molecule has 0 heterocycles. The van der Waals surface area contributed by atoms with Crippen LogP contribution in [0.1, 0.15) is 52.9 Å². The summed E-state index contributed by atoms with van der Waals surface area (Å²) in [5.41, 5.74) is 3.26. The first kappa shape index (κ1) is 14.7. The summed E-state index contributed by atoms with van der Waals surface area (Å²) >= 11 is 0. The van der Waals surface area contributed by atoms with Crippen LogP contribution in [0.3, 0.4) is 0 Å². The molecule has 3 nitrogen and oxygen atoms in total. The summed E-state index contributed by atoms with van der Waals surface area (Å²) in [5, 5.41) is 0. The maximum absolute atomic E-state index is 6.08. The lowest BCUT2D eigenvalue weighted by atomic mass is 9.68. The van der Waals surface area contributed by atoms with Gasteiger partial charge in [-0.05, 0) is 44.4 Å². The Labute approximate surface area is 106 Å². The van der Waals surface area contributed by atoms with Crippen LogP contribution in [0.4, 0.5) is 0 Å². The Bertz CT molecular complexity index is 241. The van der Waals surface area contributed by atoms with Crippen molar-refractivity contribution in [3.63, 3.8) is 0 Å². The van der Waals surface area contributed by atoms with Crippen molar-refractivity contribution in [2.45, 2.75) is 64.5 Å². The largest absolute Gasteiger partial charge is 0.374 e. The summed E-state index contributed by atoms with van der Waals surface area (Å²) in [5.74, 6) is 5.69. The molecule has 1 atom stereocenters. The Morgan fingerprint density at radius 2 is 1.94 bits per heavy atom. The molecule has 3 N–H and O–H groups in total. The highest BCUT2D eigenvalue weighted by Gasteiger charge is 2.43. The molecular weight excluding hydrogens is 212 g/mol. The Kier molecular flexibility index (Phi) is 5.17. The van der Waals surface area contributed by atoms with Gasteiger partial charge in [0.25, 0.3) is 0 Å². The Morgan fingerprint density at radius 3 is 2.35 bits per heavy atom. The molecule has 1 rings (SSSR count). The van der Waals surface area contributed by atoms with E-state index in [4.69, 9.17) is 10.6 Å². The minimum absolute atomic E-state index is 0.104. The van der Waals surface area contributed by atoms with E-state index in [2.05, 4.69) is 32.8 Å². The average molecular weight is 240 g/mol. The fourth-order valence-electron chi connectivity index (χ4n) is 2.83. The van der Waals surface area contributed by atoms with Crippen LogP contribution in [0.15, 0.2) is 12.7 Å². The van der Waals surface area contributed by atoms with E-state index in [1.165, 1.54) is 12.8 Å². The molecule has 0 aliphatic heterocycles. The molecule has 0 bridgehead atoms. The quantitative estimate of drug-likeness (QED) is 0.426. The number of ether oxygens (including phenoxy) is 1. The van der Waals surface area contributed by atoms with Crippen LogP contribution in [-0.2, 0) is 4.74 Å². The third-order valence-corrected chi connectivity index (χ3v) is 4.12. The van der Waals surface area contributed by atoms with Crippen LogP contribution in [0.5, 0.6) is 0 Å². The van der Waals surface area contributed by atoms with Crippen molar-refractivity contribution in [2.24, 2.45) is 11.3 Å². The van der Waals surface area contributed by atoms with Gasteiger partial charge in [-0.15, -0.1) is 6.58 Å². The van der Waals surface area contributed by atoms with E-state index in [1.54, 1.807) is 0 Å². The summed E-state index contributed by atoms with van der Waals surface area (Å²) < 4.78 is 6.08. The van der Waals surface area contributed by atoms with Crippen LogP contribution in [-0.4, -0.2) is 18.2 Å². The predicted octanol–water partition coefficient (Wildman–Crippen LogP) is 2.77. The number of hydrogen-bond donors (Lipinski definition) is 2. The Balaban J connectivity index is 2.78. The van der Waals surface area contributed by atoms with E-state index < -0.39 is 0 Å². The van der Waals surface area contributed by atoms with Gasteiger partial charge in [0.1, 0.15) is 0 Å². The zero-order chi connectivity index (χ0) is 12.9. The van der Waals surface area contributed by atoms with E-state index in [0.717, 1.165) is 25.9 Å². The zero-order valence-electron chi connectivity index (χ0n) is 11.6. The molecular formula is C14H28N2O. The predicted molar refractivity (Wildman–Crippen MR) is 72.5 cm³/mol. The number of rotatable bonds is 6. The molecule has 1 aliphatic rings. The van der Waals surface area contributed by atoms with Gasteiger partial charge in [0.15, 0.2) is 0 Å². The van der Waals surface area contributed by atoms with Crippen molar-refractivity contribution < 1.29 is 4.74 Å². The topological polar surface area (TPSA) is 47.3 Å². The third kappa shape index (κ3) is 3.54. The van der Waals surface area contributed by atoms with E-state index in [-0.39, 0.29) is 11.6 Å². The van der Waals surface area contributed by atoms with Gasteiger partial charge in [0.05, 0.1) is 11.6 Å². The highest BCUT2D eigenvalue weighted by atomic mass is 16.5. The lowest BCUT2D eigenvalue weighted by Gasteiger charge is -2.47. The first-order valence-corrected chi connectivity index (χ1v) is 6.70. The fourth-order valence-corrected chi connectivity index (χ4v) is 2.83. The molecule has 0 aromatic carbocycles. The molecule has 1 saturated carbocycles. The first-order valence-electron chi connectivity index (χ1n) is 6.70. The second-order valence-corrected chi connectivity index (χ2v) is 5.91.